The maximum absolute atomic E-state index is 5.94. The van der Waals surface area contributed by atoms with Crippen LogP contribution in [-0.2, 0) is 6.54 Å². The summed E-state index contributed by atoms with van der Waals surface area (Å²) in [5.74, 6) is 1.88. The molecule has 26 heavy (non-hydrogen) atoms. The third-order valence-corrected chi connectivity index (χ3v) is 4.57. The van der Waals surface area contributed by atoms with E-state index in [1.54, 1.807) is 0 Å². The average Bonchev–Trinajstić information content (AvgIpc) is 3.03. The minimum atomic E-state index is 0.599. The molecule has 0 aliphatic carbocycles. The second-order valence-electron chi connectivity index (χ2n) is 6.60. The van der Waals surface area contributed by atoms with Crippen LogP contribution in [0.1, 0.15) is 11.1 Å². The number of aryl methyl sites for hydroxylation is 2. The molecule has 0 saturated carbocycles. The molecular weight excluding hydrogens is 320 g/mol. The van der Waals surface area contributed by atoms with E-state index in [1.165, 1.54) is 11.1 Å². The van der Waals surface area contributed by atoms with Crippen molar-refractivity contribution in [2.24, 2.45) is 0 Å². The number of imidazole rings is 1. The summed E-state index contributed by atoms with van der Waals surface area (Å²) in [6.45, 7) is 5.53. The molecule has 0 fully saturated rings. The first-order valence-corrected chi connectivity index (χ1v) is 8.92. The molecule has 0 N–H and O–H groups in total. The van der Waals surface area contributed by atoms with Crippen molar-refractivity contribution in [1.82, 2.24) is 9.55 Å². The maximum atomic E-state index is 5.94. The highest BCUT2D eigenvalue weighted by molar-refractivity contribution is 5.80. The first-order chi connectivity index (χ1) is 12.7. The van der Waals surface area contributed by atoms with Gasteiger partial charge in [0.25, 0.3) is 0 Å². The molecule has 3 heteroatoms. The summed E-state index contributed by atoms with van der Waals surface area (Å²) in [4.78, 5) is 4.86. The Kier molecular flexibility index (Phi) is 4.44. The second kappa shape index (κ2) is 7.04. The third-order valence-electron chi connectivity index (χ3n) is 4.57. The molecule has 0 bridgehead atoms. The minimum absolute atomic E-state index is 0.599. The number of benzene rings is 3. The molecule has 4 rings (SSSR count). The van der Waals surface area contributed by atoms with Crippen molar-refractivity contribution in [3.63, 3.8) is 0 Å². The molecule has 3 nitrogen and oxygen atoms in total. The van der Waals surface area contributed by atoms with Gasteiger partial charge in [0.05, 0.1) is 17.6 Å². The van der Waals surface area contributed by atoms with Crippen molar-refractivity contribution in [3.8, 4) is 17.1 Å². The largest absolute Gasteiger partial charge is 0.492 e. The number of aromatic nitrogens is 2. The lowest BCUT2D eigenvalue weighted by molar-refractivity contribution is 0.301. The highest BCUT2D eigenvalue weighted by atomic mass is 16.5. The molecule has 1 aromatic heterocycles. The fourth-order valence-electron chi connectivity index (χ4n) is 3.11. The molecule has 0 atom stereocenters. The van der Waals surface area contributed by atoms with Crippen LogP contribution < -0.4 is 4.74 Å². The number of fused-ring (bicyclic) bond motifs is 1. The Morgan fingerprint density at radius 2 is 1.46 bits per heavy atom. The molecular formula is C23H22N2O. The van der Waals surface area contributed by atoms with Gasteiger partial charge in [0.15, 0.2) is 0 Å². The molecule has 0 unspecified atom stereocenters. The summed E-state index contributed by atoms with van der Waals surface area (Å²) in [5.41, 5.74) is 5.76. The minimum Gasteiger partial charge on any atom is -0.492 e. The van der Waals surface area contributed by atoms with Gasteiger partial charge < -0.3 is 9.30 Å². The van der Waals surface area contributed by atoms with Gasteiger partial charge in [0.1, 0.15) is 18.2 Å². The lowest BCUT2D eigenvalue weighted by Crippen LogP contribution is -2.09. The molecule has 0 amide bonds. The number of hydrogen-bond acceptors (Lipinski definition) is 2. The molecule has 0 aliphatic rings. The van der Waals surface area contributed by atoms with Gasteiger partial charge >= 0.3 is 0 Å². The van der Waals surface area contributed by atoms with Crippen LogP contribution in [-0.4, -0.2) is 16.2 Å². The van der Waals surface area contributed by atoms with Crippen molar-refractivity contribution >= 4 is 11.0 Å². The highest BCUT2D eigenvalue weighted by Crippen LogP contribution is 2.25. The van der Waals surface area contributed by atoms with Crippen LogP contribution in [0, 0.1) is 13.8 Å². The van der Waals surface area contributed by atoms with E-state index in [9.17, 15) is 0 Å². The van der Waals surface area contributed by atoms with Crippen LogP contribution in [0.3, 0.4) is 0 Å². The summed E-state index contributed by atoms with van der Waals surface area (Å²) in [6, 6.07) is 25.0. The van der Waals surface area contributed by atoms with Crippen molar-refractivity contribution in [3.05, 3.63) is 83.9 Å². The normalized spacial score (nSPS) is 11.0. The molecule has 130 valence electrons. The second-order valence-corrected chi connectivity index (χ2v) is 6.60. The van der Waals surface area contributed by atoms with Gasteiger partial charge in [-0.05, 0) is 38.1 Å². The fraction of sp³-hybridized carbons (Fsp3) is 0.174. The van der Waals surface area contributed by atoms with Gasteiger partial charge in [-0.2, -0.15) is 0 Å². The Morgan fingerprint density at radius 3 is 2.19 bits per heavy atom. The fourth-order valence-corrected chi connectivity index (χ4v) is 3.11. The number of ether oxygens (including phenoxy) is 1. The molecule has 0 saturated heterocycles. The van der Waals surface area contributed by atoms with Crippen molar-refractivity contribution < 1.29 is 4.74 Å². The van der Waals surface area contributed by atoms with Crippen LogP contribution in [0.5, 0.6) is 5.75 Å². The van der Waals surface area contributed by atoms with Gasteiger partial charge in [0.2, 0.25) is 0 Å². The van der Waals surface area contributed by atoms with Crippen LogP contribution in [0.4, 0.5) is 0 Å². The van der Waals surface area contributed by atoms with Crippen molar-refractivity contribution in [1.29, 1.82) is 0 Å². The lowest BCUT2D eigenvalue weighted by atomic mass is 10.1. The van der Waals surface area contributed by atoms with E-state index in [1.807, 2.05) is 18.2 Å². The molecule has 0 radical (unpaired) electrons. The predicted octanol–water partition coefficient (Wildman–Crippen LogP) is 5.40. The first kappa shape index (κ1) is 16.4. The van der Waals surface area contributed by atoms with Gasteiger partial charge in [-0.3, -0.25) is 0 Å². The van der Waals surface area contributed by atoms with Crippen molar-refractivity contribution in [2.75, 3.05) is 6.61 Å². The van der Waals surface area contributed by atoms with E-state index in [0.717, 1.165) is 34.7 Å². The SMILES string of the molecule is Cc1ccc(OCCn2c(-c3ccc(C)cc3)nc3ccccc32)cc1. The van der Waals surface area contributed by atoms with Gasteiger partial charge in [-0.25, -0.2) is 4.98 Å². The van der Waals surface area contributed by atoms with Gasteiger partial charge in [-0.1, -0.05) is 59.7 Å². The monoisotopic (exact) mass is 342 g/mol. The average molecular weight is 342 g/mol. The Bertz CT molecular complexity index is 1010. The maximum Gasteiger partial charge on any atom is 0.141 e. The van der Waals surface area contributed by atoms with E-state index in [2.05, 4.69) is 73.0 Å². The number of para-hydroxylation sites is 2. The Labute approximate surface area is 153 Å². The van der Waals surface area contributed by atoms with E-state index in [4.69, 9.17) is 9.72 Å². The first-order valence-electron chi connectivity index (χ1n) is 8.92. The van der Waals surface area contributed by atoms with Gasteiger partial charge in [0, 0.05) is 5.56 Å². The van der Waals surface area contributed by atoms with E-state index in [0.29, 0.717) is 6.61 Å². The summed E-state index contributed by atoms with van der Waals surface area (Å²) < 4.78 is 8.19. The van der Waals surface area contributed by atoms with Crippen LogP contribution in [0.2, 0.25) is 0 Å². The standard InChI is InChI=1S/C23H22N2O/c1-17-7-11-19(12-8-17)23-24-21-5-3-4-6-22(21)25(23)15-16-26-20-13-9-18(2)10-14-20/h3-14H,15-16H2,1-2H3. The Morgan fingerprint density at radius 1 is 0.808 bits per heavy atom. The molecule has 1 heterocycles. The van der Waals surface area contributed by atoms with Crippen LogP contribution in [0.15, 0.2) is 72.8 Å². The molecule has 0 spiro atoms. The Hall–Kier alpha value is -3.07. The van der Waals surface area contributed by atoms with E-state index in [-0.39, 0.29) is 0 Å². The number of hydrogen-bond donors (Lipinski definition) is 0. The van der Waals surface area contributed by atoms with E-state index >= 15 is 0 Å². The zero-order valence-corrected chi connectivity index (χ0v) is 15.1. The zero-order valence-electron chi connectivity index (χ0n) is 15.1. The summed E-state index contributed by atoms with van der Waals surface area (Å²) >= 11 is 0. The molecule has 4 aromatic rings. The summed E-state index contributed by atoms with van der Waals surface area (Å²) in [6.07, 6.45) is 0. The van der Waals surface area contributed by atoms with Gasteiger partial charge in [-0.15, -0.1) is 0 Å². The molecule has 0 aliphatic heterocycles. The zero-order chi connectivity index (χ0) is 17.9. The molecule has 3 aromatic carbocycles. The predicted molar refractivity (Wildman–Crippen MR) is 107 cm³/mol. The lowest BCUT2D eigenvalue weighted by Gasteiger charge is -2.11. The highest BCUT2D eigenvalue weighted by Gasteiger charge is 2.12. The smallest absolute Gasteiger partial charge is 0.141 e. The third kappa shape index (κ3) is 3.33. The van der Waals surface area contributed by atoms with E-state index < -0.39 is 0 Å². The number of rotatable bonds is 5. The van der Waals surface area contributed by atoms with Crippen LogP contribution in [0.25, 0.3) is 22.4 Å². The quantitative estimate of drug-likeness (QED) is 0.485. The Balaban J connectivity index is 1.63. The van der Waals surface area contributed by atoms with Crippen LogP contribution >= 0.6 is 0 Å². The summed E-state index contributed by atoms with van der Waals surface area (Å²) in [5, 5.41) is 0. The van der Waals surface area contributed by atoms with Crippen molar-refractivity contribution in [2.45, 2.75) is 20.4 Å². The number of nitrogens with zero attached hydrogens (tertiary/aromatic N) is 2. The topological polar surface area (TPSA) is 27.1 Å². The summed E-state index contributed by atoms with van der Waals surface area (Å²) in [7, 11) is 0.